The summed E-state index contributed by atoms with van der Waals surface area (Å²) in [6, 6.07) is 0. The predicted molar refractivity (Wildman–Crippen MR) is 91.0 cm³/mol. The summed E-state index contributed by atoms with van der Waals surface area (Å²) >= 11 is 1.51. The second-order valence-corrected chi connectivity index (χ2v) is 8.15. The monoisotopic (exact) mass is 349 g/mol. The molecular formula is C16H23N5O2S. The van der Waals surface area contributed by atoms with Gasteiger partial charge in [0, 0.05) is 37.0 Å². The Kier molecular flexibility index (Phi) is 4.69. The molecule has 1 aliphatic rings. The number of aryl methyl sites for hydroxylation is 1. The summed E-state index contributed by atoms with van der Waals surface area (Å²) in [5.74, 6) is 1.38. The second-order valence-electron chi connectivity index (χ2n) is 7.09. The summed E-state index contributed by atoms with van der Waals surface area (Å²) in [4.78, 5) is 25.3. The van der Waals surface area contributed by atoms with E-state index in [1.165, 1.54) is 11.3 Å². The van der Waals surface area contributed by atoms with Crippen LogP contribution >= 0.6 is 11.3 Å². The van der Waals surface area contributed by atoms with Gasteiger partial charge in [-0.2, -0.15) is 4.98 Å². The standard InChI is InChI=1S/C16H23N5O2S/c1-11-17-12(10-24-11)14(22)21-7-5-20(6-8-21)9-13-18-15(23-19-13)16(2,3)4/h10H,5-9H2,1-4H3. The smallest absolute Gasteiger partial charge is 0.273 e. The van der Waals surface area contributed by atoms with E-state index in [4.69, 9.17) is 4.52 Å². The van der Waals surface area contributed by atoms with Gasteiger partial charge in [-0.1, -0.05) is 25.9 Å². The number of piperazine rings is 1. The SMILES string of the molecule is Cc1nc(C(=O)N2CCN(Cc3noc(C(C)(C)C)n3)CC2)cs1. The fraction of sp³-hybridized carbons (Fsp3) is 0.625. The molecule has 3 heterocycles. The van der Waals surface area contributed by atoms with E-state index in [1.54, 1.807) is 0 Å². The van der Waals surface area contributed by atoms with E-state index in [0.29, 0.717) is 37.0 Å². The highest BCUT2D eigenvalue weighted by molar-refractivity contribution is 7.09. The molecule has 1 aliphatic heterocycles. The molecule has 2 aromatic rings. The lowest BCUT2D eigenvalue weighted by atomic mass is 9.97. The molecule has 1 amide bonds. The first-order chi connectivity index (χ1) is 11.3. The number of amides is 1. The van der Waals surface area contributed by atoms with Crippen molar-refractivity contribution in [2.75, 3.05) is 26.2 Å². The van der Waals surface area contributed by atoms with Crippen molar-refractivity contribution in [2.45, 2.75) is 39.7 Å². The average Bonchev–Trinajstić information content (AvgIpc) is 3.16. The lowest BCUT2D eigenvalue weighted by Crippen LogP contribution is -2.48. The van der Waals surface area contributed by atoms with Crippen LogP contribution in [0.3, 0.4) is 0 Å². The van der Waals surface area contributed by atoms with Gasteiger partial charge in [0.15, 0.2) is 5.82 Å². The molecule has 0 radical (unpaired) electrons. The summed E-state index contributed by atoms with van der Waals surface area (Å²) in [6.45, 7) is 11.7. The van der Waals surface area contributed by atoms with Crippen LogP contribution < -0.4 is 0 Å². The molecule has 130 valence electrons. The van der Waals surface area contributed by atoms with E-state index < -0.39 is 0 Å². The first-order valence-electron chi connectivity index (χ1n) is 8.10. The minimum atomic E-state index is -0.137. The van der Waals surface area contributed by atoms with Crippen LogP contribution in [-0.4, -0.2) is 57.0 Å². The number of aromatic nitrogens is 3. The van der Waals surface area contributed by atoms with Crippen molar-refractivity contribution in [3.8, 4) is 0 Å². The first kappa shape index (κ1) is 17.0. The van der Waals surface area contributed by atoms with Crippen LogP contribution in [0.5, 0.6) is 0 Å². The molecule has 1 fully saturated rings. The van der Waals surface area contributed by atoms with E-state index in [1.807, 2.05) is 17.2 Å². The molecule has 2 aromatic heterocycles. The Morgan fingerprint density at radius 3 is 2.50 bits per heavy atom. The summed E-state index contributed by atoms with van der Waals surface area (Å²) < 4.78 is 5.33. The van der Waals surface area contributed by atoms with Crippen molar-refractivity contribution in [3.05, 3.63) is 27.8 Å². The normalized spacial score (nSPS) is 16.6. The number of carbonyl (C=O) groups is 1. The zero-order valence-corrected chi connectivity index (χ0v) is 15.4. The van der Waals surface area contributed by atoms with Crippen molar-refractivity contribution in [3.63, 3.8) is 0 Å². The van der Waals surface area contributed by atoms with Gasteiger partial charge in [-0.25, -0.2) is 4.98 Å². The van der Waals surface area contributed by atoms with Crippen LogP contribution in [0.25, 0.3) is 0 Å². The quantitative estimate of drug-likeness (QED) is 0.845. The van der Waals surface area contributed by atoms with E-state index in [0.717, 1.165) is 18.1 Å². The van der Waals surface area contributed by atoms with E-state index >= 15 is 0 Å². The Balaban J connectivity index is 1.54. The minimum Gasteiger partial charge on any atom is -0.339 e. The third kappa shape index (κ3) is 3.81. The fourth-order valence-electron chi connectivity index (χ4n) is 2.56. The van der Waals surface area contributed by atoms with Gasteiger partial charge in [0.1, 0.15) is 5.69 Å². The minimum absolute atomic E-state index is 0.0218. The Hall–Kier alpha value is -1.80. The molecule has 0 aromatic carbocycles. The summed E-state index contributed by atoms with van der Waals surface area (Å²) in [7, 11) is 0. The number of nitrogens with zero attached hydrogens (tertiary/aromatic N) is 5. The molecule has 1 saturated heterocycles. The largest absolute Gasteiger partial charge is 0.339 e. The van der Waals surface area contributed by atoms with Crippen LogP contribution in [-0.2, 0) is 12.0 Å². The molecule has 0 N–H and O–H groups in total. The van der Waals surface area contributed by atoms with Crippen LogP contribution in [0.2, 0.25) is 0 Å². The van der Waals surface area contributed by atoms with Gasteiger partial charge in [-0.3, -0.25) is 9.69 Å². The summed E-state index contributed by atoms with van der Waals surface area (Å²) in [6.07, 6.45) is 0. The Morgan fingerprint density at radius 1 is 1.25 bits per heavy atom. The van der Waals surface area contributed by atoms with Gasteiger partial charge >= 0.3 is 0 Å². The molecular weight excluding hydrogens is 326 g/mol. The Morgan fingerprint density at radius 2 is 1.96 bits per heavy atom. The lowest BCUT2D eigenvalue weighted by Gasteiger charge is -2.33. The maximum absolute atomic E-state index is 12.4. The predicted octanol–water partition coefficient (Wildman–Crippen LogP) is 2.09. The molecule has 0 unspecified atom stereocenters. The summed E-state index contributed by atoms with van der Waals surface area (Å²) in [5, 5.41) is 6.82. The van der Waals surface area contributed by atoms with E-state index in [-0.39, 0.29) is 11.3 Å². The van der Waals surface area contributed by atoms with Crippen molar-refractivity contribution < 1.29 is 9.32 Å². The zero-order chi connectivity index (χ0) is 17.3. The van der Waals surface area contributed by atoms with Gasteiger partial charge in [0.2, 0.25) is 5.89 Å². The molecule has 24 heavy (non-hydrogen) atoms. The lowest BCUT2D eigenvalue weighted by molar-refractivity contribution is 0.0619. The maximum Gasteiger partial charge on any atom is 0.273 e. The van der Waals surface area contributed by atoms with Gasteiger partial charge in [-0.15, -0.1) is 11.3 Å². The van der Waals surface area contributed by atoms with Crippen molar-refractivity contribution in [2.24, 2.45) is 0 Å². The third-order valence-electron chi connectivity index (χ3n) is 3.97. The van der Waals surface area contributed by atoms with Crippen molar-refractivity contribution in [1.82, 2.24) is 24.9 Å². The van der Waals surface area contributed by atoms with Crippen molar-refractivity contribution >= 4 is 17.2 Å². The van der Waals surface area contributed by atoms with Crippen LogP contribution in [0.4, 0.5) is 0 Å². The number of rotatable bonds is 3. The summed E-state index contributed by atoms with van der Waals surface area (Å²) in [5.41, 5.74) is 0.418. The van der Waals surface area contributed by atoms with E-state index in [2.05, 4.69) is 40.8 Å². The van der Waals surface area contributed by atoms with Gasteiger partial charge < -0.3 is 9.42 Å². The van der Waals surface area contributed by atoms with Gasteiger partial charge in [0.25, 0.3) is 5.91 Å². The number of carbonyl (C=O) groups excluding carboxylic acids is 1. The third-order valence-corrected chi connectivity index (χ3v) is 4.75. The molecule has 0 atom stereocenters. The van der Waals surface area contributed by atoms with Crippen LogP contribution in [0, 0.1) is 6.92 Å². The molecule has 3 rings (SSSR count). The molecule has 8 heteroatoms. The van der Waals surface area contributed by atoms with E-state index in [9.17, 15) is 4.79 Å². The Bertz CT molecular complexity index is 710. The molecule has 0 spiro atoms. The highest BCUT2D eigenvalue weighted by Gasteiger charge is 2.26. The number of thiazole rings is 1. The highest BCUT2D eigenvalue weighted by atomic mass is 32.1. The first-order valence-corrected chi connectivity index (χ1v) is 8.98. The average molecular weight is 349 g/mol. The van der Waals surface area contributed by atoms with Crippen molar-refractivity contribution in [1.29, 1.82) is 0 Å². The van der Waals surface area contributed by atoms with Gasteiger partial charge in [0.05, 0.1) is 11.6 Å². The molecule has 0 saturated carbocycles. The second kappa shape index (κ2) is 6.60. The number of hydrogen-bond acceptors (Lipinski definition) is 7. The Labute approximate surface area is 145 Å². The van der Waals surface area contributed by atoms with Gasteiger partial charge in [-0.05, 0) is 6.92 Å². The zero-order valence-electron chi connectivity index (χ0n) is 14.6. The van der Waals surface area contributed by atoms with Crippen LogP contribution in [0.1, 0.15) is 48.0 Å². The topological polar surface area (TPSA) is 75.4 Å². The molecule has 7 nitrogen and oxygen atoms in total. The highest BCUT2D eigenvalue weighted by Crippen LogP contribution is 2.20. The molecule has 0 aliphatic carbocycles. The fourth-order valence-corrected chi connectivity index (χ4v) is 3.14. The maximum atomic E-state index is 12.4. The van der Waals surface area contributed by atoms with Crippen LogP contribution in [0.15, 0.2) is 9.90 Å². The molecule has 0 bridgehead atoms. The number of hydrogen-bond donors (Lipinski definition) is 0.